The predicted molar refractivity (Wildman–Crippen MR) is 112 cm³/mol. The van der Waals surface area contributed by atoms with E-state index >= 15 is 0 Å². The van der Waals surface area contributed by atoms with Crippen molar-refractivity contribution in [3.63, 3.8) is 0 Å². The van der Waals surface area contributed by atoms with Crippen LogP contribution in [0.1, 0.15) is 26.4 Å². The maximum atomic E-state index is 12.4. The van der Waals surface area contributed by atoms with Crippen LogP contribution in [0.5, 0.6) is 5.75 Å². The third kappa shape index (κ3) is 4.30. The summed E-state index contributed by atoms with van der Waals surface area (Å²) in [6, 6.07) is 19.2. The molecule has 7 heteroatoms. The highest BCUT2D eigenvalue weighted by atomic mass is 16.5. The molecule has 0 aliphatic heterocycles. The molecular formula is C23H19N3O4. The standard InChI is InChI=1S/C23H19N3O4/c1-29-23(28)17-5-9-18(10-6-17)25-22(27)16-7-11-20(12-8-16)30-15-19-14-26-13-3-2-4-21(26)24-19/h2-14H,15H2,1H3,(H,25,27). The number of carbonyl (C=O) groups is 2. The van der Waals surface area contributed by atoms with E-state index in [1.807, 2.05) is 35.0 Å². The molecule has 1 amide bonds. The number of pyridine rings is 1. The Balaban J connectivity index is 1.35. The van der Waals surface area contributed by atoms with Gasteiger partial charge in [-0.15, -0.1) is 0 Å². The second-order valence-electron chi connectivity index (χ2n) is 6.53. The van der Waals surface area contributed by atoms with E-state index in [-0.39, 0.29) is 5.91 Å². The van der Waals surface area contributed by atoms with Gasteiger partial charge in [0.05, 0.1) is 18.4 Å². The number of benzene rings is 2. The number of amides is 1. The van der Waals surface area contributed by atoms with Gasteiger partial charge in [-0.1, -0.05) is 6.07 Å². The highest BCUT2D eigenvalue weighted by molar-refractivity contribution is 6.04. The third-order valence-electron chi connectivity index (χ3n) is 4.48. The number of ether oxygens (including phenoxy) is 2. The molecule has 7 nitrogen and oxygen atoms in total. The van der Waals surface area contributed by atoms with Gasteiger partial charge in [-0.05, 0) is 60.7 Å². The molecule has 4 rings (SSSR count). The molecule has 30 heavy (non-hydrogen) atoms. The Morgan fingerprint density at radius 3 is 2.40 bits per heavy atom. The second kappa shape index (κ2) is 8.48. The predicted octanol–water partition coefficient (Wildman–Crippen LogP) is 3.95. The Bertz CT molecular complexity index is 1150. The fourth-order valence-electron chi connectivity index (χ4n) is 2.93. The van der Waals surface area contributed by atoms with E-state index in [0.717, 1.165) is 11.3 Å². The number of methoxy groups -OCH3 is 1. The number of carbonyl (C=O) groups excluding carboxylic acids is 2. The van der Waals surface area contributed by atoms with Gasteiger partial charge >= 0.3 is 5.97 Å². The molecular weight excluding hydrogens is 382 g/mol. The van der Waals surface area contributed by atoms with Crippen molar-refractivity contribution < 1.29 is 19.1 Å². The minimum atomic E-state index is -0.424. The molecule has 2 aromatic carbocycles. The van der Waals surface area contributed by atoms with Crippen LogP contribution in [0.15, 0.2) is 79.1 Å². The Labute approximate surface area is 172 Å². The lowest BCUT2D eigenvalue weighted by Crippen LogP contribution is -2.12. The normalized spacial score (nSPS) is 10.6. The van der Waals surface area contributed by atoms with E-state index in [4.69, 9.17) is 4.74 Å². The zero-order valence-electron chi connectivity index (χ0n) is 16.2. The average Bonchev–Trinajstić information content (AvgIpc) is 3.21. The van der Waals surface area contributed by atoms with Crippen molar-refractivity contribution in [2.45, 2.75) is 6.61 Å². The van der Waals surface area contributed by atoms with Crippen LogP contribution in [0.2, 0.25) is 0 Å². The van der Waals surface area contributed by atoms with Gasteiger partial charge in [0, 0.05) is 23.6 Å². The largest absolute Gasteiger partial charge is 0.487 e. The lowest BCUT2D eigenvalue weighted by Gasteiger charge is -2.08. The first-order chi connectivity index (χ1) is 14.6. The van der Waals surface area contributed by atoms with Crippen LogP contribution in [-0.4, -0.2) is 28.4 Å². The Morgan fingerprint density at radius 1 is 0.967 bits per heavy atom. The van der Waals surface area contributed by atoms with Crippen molar-refractivity contribution >= 4 is 23.2 Å². The lowest BCUT2D eigenvalue weighted by atomic mass is 10.1. The summed E-state index contributed by atoms with van der Waals surface area (Å²) < 4.78 is 12.4. The highest BCUT2D eigenvalue weighted by Crippen LogP contribution is 2.17. The van der Waals surface area contributed by atoms with Crippen molar-refractivity contribution in [2.75, 3.05) is 12.4 Å². The summed E-state index contributed by atoms with van der Waals surface area (Å²) in [7, 11) is 1.32. The van der Waals surface area contributed by atoms with Crippen LogP contribution in [0, 0.1) is 0 Å². The minimum absolute atomic E-state index is 0.257. The van der Waals surface area contributed by atoms with Gasteiger partial charge in [-0.25, -0.2) is 9.78 Å². The van der Waals surface area contributed by atoms with E-state index < -0.39 is 5.97 Å². The number of hydrogen-bond acceptors (Lipinski definition) is 5. The molecule has 2 aromatic heterocycles. The number of aromatic nitrogens is 2. The number of anilines is 1. The summed E-state index contributed by atoms with van der Waals surface area (Å²) in [5, 5.41) is 2.79. The van der Waals surface area contributed by atoms with Gasteiger partial charge < -0.3 is 19.2 Å². The van der Waals surface area contributed by atoms with Gasteiger partial charge in [0.25, 0.3) is 5.91 Å². The van der Waals surface area contributed by atoms with Crippen LogP contribution in [-0.2, 0) is 11.3 Å². The molecule has 2 heterocycles. The summed E-state index contributed by atoms with van der Waals surface area (Å²) >= 11 is 0. The van der Waals surface area contributed by atoms with Crippen molar-refractivity contribution in [1.29, 1.82) is 0 Å². The second-order valence-corrected chi connectivity index (χ2v) is 6.53. The Hall–Kier alpha value is -4.13. The molecule has 4 aromatic rings. The first-order valence-electron chi connectivity index (χ1n) is 9.27. The smallest absolute Gasteiger partial charge is 0.337 e. The maximum Gasteiger partial charge on any atom is 0.337 e. The fraction of sp³-hybridized carbons (Fsp3) is 0.0870. The molecule has 150 valence electrons. The van der Waals surface area contributed by atoms with Crippen LogP contribution >= 0.6 is 0 Å². The van der Waals surface area contributed by atoms with E-state index in [0.29, 0.717) is 29.2 Å². The van der Waals surface area contributed by atoms with Gasteiger partial charge in [0.2, 0.25) is 0 Å². The van der Waals surface area contributed by atoms with Crippen molar-refractivity contribution in [3.05, 3.63) is 95.9 Å². The number of fused-ring (bicyclic) bond motifs is 1. The van der Waals surface area contributed by atoms with E-state index in [1.54, 1.807) is 48.5 Å². The first-order valence-corrected chi connectivity index (χ1v) is 9.27. The Kier molecular flexibility index (Phi) is 5.43. The molecule has 0 saturated heterocycles. The van der Waals surface area contributed by atoms with Crippen molar-refractivity contribution in [3.8, 4) is 5.75 Å². The Morgan fingerprint density at radius 2 is 1.70 bits per heavy atom. The zero-order chi connectivity index (χ0) is 20.9. The van der Waals surface area contributed by atoms with Gasteiger partial charge in [0.15, 0.2) is 0 Å². The molecule has 0 bridgehead atoms. The summed E-state index contributed by atoms with van der Waals surface area (Å²) in [5.74, 6) is -0.0362. The first kappa shape index (κ1) is 19.2. The van der Waals surface area contributed by atoms with Gasteiger partial charge in [-0.2, -0.15) is 0 Å². The van der Waals surface area contributed by atoms with E-state index in [9.17, 15) is 9.59 Å². The molecule has 0 aliphatic carbocycles. The monoisotopic (exact) mass is 401 g/mol. The molecule has 0 unspecified atom stereocenters. The van der Waals surface area contributed by atoms with Crippen LogP contribution < -0.4 is 10.1 Å². The minimum Gasteiger partial charge on any atom is -0.487 e. The number of esters is 1. The highest BCUT2D eigenvalue weighted by Gasteiger charge is 2.09. The molecule has 0 fully saturated rings. The van der Waals surface area contributed by atoms with Crippen molar-refractivity contribution in [1.82, 2.24) is 9.38 Å². The van der Waals surface area contributed by atoms with Crippen LogP contribution in [0.3, 0.4) is 0 Å². The average molecular weight is 401 g/mol. The SMILES string of the molecule is COC(=O)c1ccc(NC(=O)c2ccc(OCc3cn4ccccc4n3)cc2)cc1. The fourth-order valence-corrected chi connectivity index (χ4v) is 2.93. The zero-order valence-corrected chi connectivity index (χ0v) is 16.2. The molecule has 1 N–H and O–H groups in total. The maximum absolute atomic E-state index is 12.4. The molecule has 0 atom stereocenters. The van der Waals surface area contributed by atoms with Crippen LogP contribution in [0.4, 0.5) is 5.69 Å². The molecule has 0 aliphatic rings. The number of imidazole rings is 1. The molecule has 0 saturated carbocycles. The van der Waals surface area contributed by atoms with Gasteiger partial charge in [-0.3, -0.25) is 4.79 Å². The van der Waals surface area contributed by atoms with Gasteiger partial charge in [0.1, 0.15) is 18.0 Å². The van der Waals surface area contributed by atoms with Crippen molar-refractivity contribution in [2.24, 2.45) is 0 Å². The third-order valence-corrected chi connectivity index (χ3v) is 4.48. The molecule has 0 radical (unpaired) electrons. The summed E-state index contributed by atoms with van der Waals surface area (Å²) in [6.45, 7) is 0.333. The summed E-state index contributed by atoms with van der Waals surface area (Å²) in [4.78, 5) is 28.4. The lowest BCUT2D eigenvalue weighted by molar-refractivity contribution is 0.0600. The van der Waals surface area contributed by atoms with E-state index in [1.165, 1.54) is 7.11 Å². The summed E-state index contributed by atoms with van der Waals surface area (Å²) in [6.07, 6.45) is 3.85. The quantitative estimate of drug-likeness (QED) is 0.495. The van der Waals surface area contributed by atoms with E-state index in [2.05, 4.69) is 15.0 Å². The molecule has 0 spiro atoms. The number of nitrogens with one attached hydrogen (secondary N) is 1. The summed E-state index contributed by atoms with van der Waals surface area (Å²) in [5.41, 5.74) is 3.18. The number of nitrogens with zero attached hydrogens (tertiary/aromatic N) is 2. The number of hydrogen-bond donors (Lipinski definition) is 1. The number of rotatable bonds is 6. The van der Waals surface area contributed by atoms with Crippen LogP contribution in [0.25, 0.3) is 5.65 Å². The topological polar surface area (TPSA) is 81.9 Å².